The van der Waals surface area contributed by atoms with Crippen LogP contribution in [0, 0.1) is 6.92 Å². The van der Waals surface area contributed by atoms with Gasteiger partial charge >= 0.3 is 0 Å². The van der Waals surface area contributed by atoms with E-state index in [1.54, 1.807) is 6.92 Å². The number of aromatic nitrogens is 2. The maximum Gasteiger partial charge on any atom is 0.251 e. The molecule has 0 saturated carbocycles. The number of hydrogen-bond acceptors (Lipinski definition) is 4. The summed E-state index contributed by atoms with van der Waals surface area (Å²) in [5, 5.41) is 2.91. The highest BCUT2D eigenvalue weighted by molar-refractivity contribution is 5.81. The van der Waals surface area contributed by atoms with Crippen molar-refractivity contribution < 1.29 is 4.79 Å². The van der Waals surface area contributed by atoms with Crippen LogP contribution in [0.3, 0.4) is 0 Å². The van der Waals surface area contributed by atoms with E-state index in [-0.39, 0.29) is 17.5 Å². The number of H-pyrrole nitrogens is 1. The minimum atomic E-state index is -0.145. The van der Waals surface area contributed by atoms with Crippen LogP contribution in [0.15, 0.2) is 10.9 Å². The van der Waals surface area contributed by atoms with E-state index in [9.17, 15) is 9.59 Å². The van der Waals surface area contributed by atoms with Crippen molar-refractivity contribution in [1.82, 2.24) is 20.2 Å². The molecule has 0 spiro atoms. The Morgan fingerprint density at radius 3 is 2.95 bits per heavy atom. The van der Waals surface area contributed by atoms with Crippen LogP contribution in [0.1, 0.15) is 31.3 Å². The first-order chi connectivity index (χ1) is 9.10. The predicted molar refractivity (Wildman–Crippen MR) is 71.7 cm³/mol. The first-order valence-electron chi connectivity index (χ1n) is 6.68. The molecule has 2 N–H and O–H groups in total. The molecule has 6 nitrogen and oxygen atoms in total. The van der Waals surface area contributed by atoms with Crippen LogP contribution < -0.4 is 10.9 Å². The number of nitrogens with zero attached hydrogens (tertiary/aromatic N) is 2. The van der Waals surface area contributed by atoms with Crippen molar-refractivity contribution in [3.8, 4) is 0 Å². The van der Waals surface area contributed by atoms with Crippen LogP contribution in [-0.4, -0.2) is 39.9 Å². The molecule has 2 rings (SSSR count). The molecule has 1 aliphatic heterocycles. The first-order valence-corrected chi connectivity index (χ1v) is 6.68. The number of nitrogens with one attached hydrogen (secondary N) is 2. The van der Waals surface area contributed by atoms with Crippen LogP contribution in [0.2, 0.25) is 0 Å². The molecule has 1 aromatic rings. The molecule has 2 heterocycles. The van der Waals surface area contributed by atoms with Gasteiger partial charge in [0.2, 0.25) is 5.91 Å². The highest BCUT2D eigenvalue weighted by Crippen LogP contribution is 2.11. The number of carbonyl (C=O) groups excluding carboxylic acids is 1. The Kier molecular flexibility index (Phi) is 4.31. The minimum Gasteiger partial charge on any atom is -0.355 e. The van der Waals surface area contributed by atoms with Crippen molar-refractivity contribution in [3.63, 3.8) is 0 Å². The molecule has 0 aromatic carbocycles. The highest BCUT2D eigenvalue weighted by Gasteiger charge is 2.26. The lowest BCUT2D eigenvalue weighted by Gasteiger charge is -2.26. The first kappa shape index (κ1) is 13.7. The lowest BCUT2D eigenvalue weighted by Crippen LogP contribution is -2.43. The minimum absolute atomic E-state index is 0.0648. The summed E-state index contributed by atoms with van der Waals surface area (Å²) < 4.78 is 0. The maximum absolute atomic E-state index is 11.9. The molecule has 104 valence electrons. The Morgan fingerprint density at radius 1 is 1.47 bits per heavy atom. The molecule has 0 aliphatic carbocycles. The van der Waals surface area contributed by atoms with E-state index in [0.29, 0.717) is 24.6 Å². The van der Waals surface area contributed by atoms with Gasteiger partial charge in [-0.3, -0.25) is 14.5 Å². The van der Waals surface area contributed by atoms with Gasteiger partial charge in [-0.25, -0.2) is 4.98 Å². The number of carbonyl (C=O) groups is 1. The highest BCUT2D eigenvalue weighted by atomic mass is 16.2. The summed E-state index contributed by atoms with van der Waals surface area (Å²) in [4.78, 5) is 32.5. The fourth-order valence-corrected chi connectivity index (χ4v) is 2.47. The van der Waals surface area contributed by atoms with E-state index >= 15 is 0 Å². The fraction of sp³-hybridized carbons (Fsp3) is 0.615. The Hall–Kier alpha value is -1.69. The van der Waals surface area contributed by atoms with Gasteiger partial charge in [0.15, 0.2) is 0 Å². The smallest absolute Gasteiger partial charge is 0.251 e. The zero-order valence-corrected chi connectivity index (χ0v) is 11.4. The molecular weight excluding hydrogens is 244 g/mol. The van der Waals surface area contributed by atoms with Crippen molar-refractivity contribution in [3.05, 3.63) is 27.9 Å². The lowest BCUT2D eigenvalue weighted by atomic mass is 10.2. The van der Waals surface area contributed by atoms with Crippen LogP contribution in [-0.2, 0) is 11.3 Å². The zero-order chi connectivity index (χ0) is 13.8. The molecule has 1 aromatic heterocycles. The monoisotopic (exact) mass is 264 g/mol. The zero-order valence-electron chi connectivity index (χ0n) is 11.4. The standard InChI is InChI=1S/C13H20N4O2/c1-3-10-13(19)14-5-4-6-17(10)8-11-15-9(2)7-12(18)16-11/h7,10H,3-6,8H2,1-2H3,(H,14,19)(H,15,16,18)/t10-/m0/s1. The number of aromatic amines is 1. The molecule has 19 heavy (non-hydrogen) atoms. The van der Waals surface area contributed by atoms with Crippen molar-refractivity contribution in [1.29, 1.82) is 0 Å². The van der Waals surface area contributed by atoms with Gasteiger partial charge < -0.3 is 10.3 Å². The maximum atomic E-state index is 11.9. The van der Waals surface area contributed by atoms with Gasteiger partial charge in [0, 0.05) is 24.8 Å². The molecular formula is C13H20N4O2. The molecule has 1 saturated heterocycles. The van der Waals surface area contributed by atoms with E-state index in [1.807, 2.05) is 6.92 Å². The van der Waals surface area contributed by atoms with Crippen LogP contribution in [0.25, 0.3) is 0 Å². The summed E-state index contributed by atoms with van der Waals surface area (Å²) in [6.07, 6.45) is 1.67. The summed E-state index contributed by atoms with van der Waals surface area (Å²) >= 11 is 0. The second-order valence-electron chi connectivity index (χ2n) is 4.87. The van der Waals surface area contributed by atoms with Crippen molar-refractivity contribution in [2.75, 3.05) is 13.1 Å². The van der Waals surface area contributed by atoms with Crippen LogP contribution in [0.5, 0.6) is 0 Å². The van der Waals surface area contributed by atoms with Gasteiger partial charge in [-0.15, -0.1) is 0 Å². The molecule has 1 amide bonds. The average Bonchev–Trinajstić information content (AvgIpc) is 2.49. The molecule has 1 fully saturated rings. The average molecular weight is 264 g/mol. The molecule has 1 atom stereocenters. The van der Waals surface area contributed by atoms with E-state index in [1.165, 1.54) is 6.07 Å². The topological polar surface area (TPSA) is 78.1 Å². The van der Waals surface area contributed by atoms with E-state index in [2.05, 4.69) is 20.2 Å². The number of amides is 1. The van der Waals surface area contributed by atoms with Gasteiger partial charge in [-0.2, -0.15) is 0 Å². The summed E-state index contributed by atoms with van der Waals surface area (Å²) in [7, 11) is 0. The van der Waals surface area contributed by atoms with Crippen molar-refractivity contribution in [2.24, 2.45) is 0 Å². The molecule has 6 heteroatoms. The van der Waals surface area contributed by atoms with Crippen molar-refractivity contribution in [2.45, 2.75) is 39.3 Å². The predicted octanol–water partition coefficient (Wildman–Crippen LogP) is 0.179. The molecule has 1 aliphatic rings. The third-order valence-electron chi connectivity index (χ3n) is 3.32. The number of aryl methyl sites for hydroxylation is 1. The SMILES string of the molecule is CC[C@H]1C(=O)NCCCN1Cc1nc(C)cc(=O)[nH]1. The van der Waals surface area contributed by atoms with Gasteiger partial charge in [-0.1, -0.05) is 6.92 Å². The van der Waals surface area contributed by atoms with E-state index < -0.39 is 0 Å². The third-order valence-corrected chi connectivity index (χ3v) is 3.32. The summed E-state index contributed by atoms with van der Waals surface area (Å²) in [5.41, 5.74) is 0.556. The Labute approximate surface area is 112 Å². The number of rotatable bonds is 3. The quantitative estimate of drug-likeness (QED) is 0.816. The van der Waals surface area contributed by atoms with Crippen LogP contribution >= 0.6 is 0 Å². The third kappa shape index (κ3) is 3.41. The van der Waals surface area contributed by atoms with Gasteiger partial charge in [0.05, 0.1) is 12.6 Å². The van der Waals surface area contributed by atoms with Crippen molar-refractivity contribution >= 4 is 5.91 Å². The van der Waals surface area contributed by atoms with E-state index in [0.717, 1.165) is 19.4 Å². The summed E-state index contributed by atoms with van der Waals surface area (Å²) in [6, 6.07) is 1.32. The molecule has 0 unspecified atom stereocenters. The second-order valence-corrected chi connectivity index (χ2v) is 4.87. The normalized spacial score (nSPS) is 20.9. The van der Waals surface area contributed by atoms with Gasteiger partial charge in [0.25, 0.3) is 5.56 Å². The Bertz CT molecular complexity index is 512. The lowest BCUT2D eigenvalue weighted by molar-refractivity contribution is -0.125. The fourth-order valence-electron chi connectivity index (χ4n) is 2.47. The van der Waals surface area contributed by atoms with Gasteiger partial charge in [0.1, 0.15) is 5.82 Å². The second kappa shape index (κ2) is 5.97. The van der Waals surface area contributed by atoms with E-state index in [4.69, 9.17) is 0 Å². The molecule has 0 radical (unpaired) electrons. The van der Waals surface area contributed by atoms with Crippen LogP contribution in [0.4, 0.5) is 0 Å². The Morgan fingerprint density at radius 2 is 2.26 bits per heavy atom. The number of hydrogen-bond donors (Lipinski definition) is 2. The summed E-state index contributed by atoms with van der Waals surface area (Å²) in [5.74, 6) is 0.688. The largest absolute Gasteiger partial charge is 0.355 e. The Balaban J connectivity index is 2.19. The summed E-state index contributed by atoms with van der Waals surface area (Å²) in [6.45, 7) is 5.83. The van der Waals surface area contributed by atoms with Gasteiger partial charge in [-0.05, 0) is 19.8 Å². The molecule has 0 bridgehead atoms.